The number of unbranched alkanes of at least 4 members (excludes halogenated alkanes) is 1. The molecule has 132 valence electrons. The summed E-state index contributed by atoms with van der Waals surface area (Å²) in [6, 6.07) is 0. The molecule has 0 aliphatic carbocycles. The van der Waals surface area contributed by atoms with Gasteiger partial charge in [-0.15, -0.1) is 0 Å². The van der Waals surface area contributed by atoms with Crippen LogP contribution in [0.4, 0.5) is 0 Å². The average molecular weight is 346 g/mol. The molecule has 0 atom stereocenters. The number of aliphatic hydroxyl groups excluding tert-OH is 4. The summed E-state index contributed by atoms with van der Waals surface area (Å²) in [5.74, 6) is 0. The molecule has 21 heavy (non-hydrogen) atoms. The van der Waals surface area contributed by atoms with Crippen LogP contribution in [0.15, 0.2) is 0 Å². The first-order valence-electron chi connectivity index (χ1n) is 7.34. The number of hydrogen-bond donors (Lipinski definition) is 4. The zero-order valence-corrected chi connectivity index (χ0v) is 16.5. The average Bonchev–Trinajstić information content (AvgIpc) is 2.22. The van der Waals surface area contributed by atoms with Gasteiger partial charge in [-0.3, -0.25) is 0 Å². The van der Waals surface area contributed by atoms with Crippen LogP contribution in [0.1, 0.15) is 61.3 Å². The van der Waals surface area contributed by atoms with E-state index < -0.39 is 0 Å². The van der Waals surface area contributed by atoms with Gasteiger partial charge in [0.2, 0.25) is 0 Å². The Bertz CT molecular complexity index is 105. The van der Waals surface area contributed by atoms with Crippen molar-refractivity contribution >= 4 is 0 Å². The molecular weight excluding hydrogens is 308 g/mol. The van der Waals surface area contributed by atoms with E-state index in [1.165, 1.54) is 0 Å². The second-order valence-electron chi connectivity index (χ2n) is 4.97. The van der Waals surface area contributed by atoms with E-state index in [4.69, 9.17) is 25.2 Å². The molecule has 0 aromatic carbocycles. The van der Waals surface area contributed by atoms with E-state index in [0.717, 1.165) is 19.4 Å². The molecule has 0 rings (SSSR count). The van der Waals surface area contributed by atoms with Gasteiger partial charge in [0.15, 0.2) is 0 Å². The van der Waals surface area contributed by atoms with Gasteiger partial charge in [0, 0.05) is 46.6 Å². The Balaban J connectivity index is -0.0000000570. The SMILES string of the molecule is CC(C)O.CC(C)O.CC(C)O.CCCCOCCO.[Ti]. The van der Waals surface area contributed by atoms with Crippen LogP contribution in [-0.4, -0.2) is 58.6 Å². The number of rotatable bonds is 5. The molecule has 0 saturated heterocycles. The monoisotopic (exact) mass is 346 g/mol. The molecule has 0 aliphatic heterocycles. The van der Waals surface area contributed by atoms with Crippen molar-refractivity contribution in [1.29, 1.82) is 0 Å². The summed E-state index contributed by atoms with van der Waals surface area (Å²) in [5, 5.41) is 32.4. The topological polar surface area (TPSA) is 90.2 Å². The summed E-state index contributed by atoms with van der Waals surface area (Å²) in [6.07, 6.45) is 1.76. The Morgan fingerprint density at radius 2 is 1.05 bits per heavy atom. The summed E-state index contributed by atoms with van der Waals surface area (Å²) in [7, 11) is 0. The fourth-order valence-electron chi connectivity index (χ4n) is 0.413. The molecule has 0 unspecified atom stereocenters. The minimum absolute atomic E-state index is 0. The Morgan fingerprint density at radius 3 is 1.24 bits per heavy atom. The molecule has 0 fully saturated rings. The van der Waals surface area contributed by atoms with E-state index >= 15 is 0 Å². The maximum Gasteiger partial charge on any atom is 0.0697 e. The molecule has 4 N–H and O–H groups in total. The van der Waals surface area contributed by atoms with E-state index in [1.54, 1.807) is 41.5 Å². The van der Waals surface area contributed by atoms with Crippen molar-refractivity contribution in [2.75, 3.05) is 19.8 Å². The predicted molar refractivity (Wildman–Crippen MR) is 84.9 cm³/mol. The van der Waals surface area contributed by atoms with Crippen LogP contribution in [0.3, 0.4) is 0 Å². The zero-order chi connectivity index (χ0) is 17.0. The third kappa shape index (κ3) is 231. The number of ether oxygens (including phenoxy) is 1. The molecule has 0 heterocycles. The first-order valence-corrected chi connectivity index (χ1v) is 7.34. The zero-order valence-electron chi connectivity index (χ0n) is 15.0. The van der Waals surface area contributed by atoms with Crippen molar-refractivity contribution in [2.24, 2.45) is 0 Å². The van der Waals surface area contributed by atoms with Crippen LogP contribution < -0.4 is 0 Å². The molecule has 5 nitrogen and oxygen atoms in total. The molecule has 0 bridgehead atoms. The summed E-state index contributed by atoms with van der Waals surface area (Å²) in [6.45, 7) is 13.9. The molecule has 0 aromatic heterocycles. The van der Waals surface area contributed by atoms with Crippen molar-refractivity contribution < 1.29 is 46.9 Å². The van der Waals surface area contributed by atoms with Crippen LogP contribution in [0.5, 0.6) is 0 Å². The van der Waals surface area contributed by atoms with Gasteiger partial charge in [0.25, 0.3) is 0 Å². The van der Waals surface area contributed by atoms with Crippen molar-refractivity contribution in [1.82, 2.24) is 0 Å². The third-order valence-corrected chi connectivity index (χ3v) is 0.878. The van der Waals surface area contributed by atoms with Crippen LogP contribution >= 0.6 is 0 Å². The van der Waals surface area contributed by atoms with Crippen molar-refractivity contribution in [3.63, 3.8) is 0 Å². The molecular formula is C15H38O5Ti. The normalized spacial score (nSPS) is 8.86. The molecule has 0 aliphatic rings. The van der Waals surface area contributed by atoms with Crippen molar-refractivity contribution in [2.45, 2.75) is 79.6 Å². The van der Waals surface area contributed by atoms with Gasteiger partial charge in [-0.25, -0.2) is 0 Å². The maximum absolute atomic E-state index is 8.24. The molecule has 0 amide bonds. The van der Waals surface area contributed by atoms with Crippen LogP contribution in [0.25, 0.3) is 0 Å². The quantitative estimate of drug-likeness (QED) is 0.451. The largest absolute Gasteiger partial charge is 0.394 e. The Hall–Kier alpha value is 0.514. The Labute approximate surface area is 146 Å². The fourth-order valence-corrected chi connectivity index (χ4v) is 0.413. The molecule has 0 spiro atoms. The van der Waals surface area contributed by atoms with E-state index in [2.05, 4.69) is 6.92 Å². The summed E-state index contributed by atoms with van der Waals surface area (Å²) in [4.78, 5) is 0. The first kappa shape index (κ1) is 33.2. The second-order valence-corrected chi connectivity index (χ2v) is 4.97. The van der Waals surface area contributed by atoms with Crippen LogP contribution in [0.2, 0.25) is 0 Å². The molecule has 0 aromatic rings. The smallest absolute Gasteiger partial charge is 0.0697 e. The number of hydrogen-bond acceptors (Lipinski definition) is 5. The Morgan fingerprint density at radius 1 is 0.762 bits per heavy atom. The van der Waals surface area contributed by atoms with E-state index in [0.29, 0.717) is 6.61 Å². The third-order valence-electron chi connectivity index (χ3n) is 0.878. The van der Waals surface area contributed by atoms with Crippen LogP contribution in [0, 0.1) is 0 Å². The van der Waals surface area contributed by atoms with Crippen LogP contribution in [-0.2, 0) is 26.5 Å². The van der Waals surface area contributed by atoms with Gasteiger partial charge in [-0.1, -0.05) is 13.3 Å². The van der Waals surface area contributed by atoms with Gasteiger partial charge in [0.1, 0.15) is 0 Å². The standard InChI is InChI=1S/C6H14O2.3C3H8O.Ti/c1-2-3-5-8-6-4-7;3*1-3(2)4;/h7H,2-6H2,1H3;3*3-4H,1-2H3;. The minimum atomic E-state index is -0.167. The van der Waals surface area contributed by atoms with Gasteiger partial charge in [-0.05, 0) is 48.0 Å². The van der Waals surface area contributed by atoms with Gasteiger partial charge in [-0.2, -0.15) is 0 Å². The molecule has 0 radical (unpaired) electrons. The van der Waals surface area contributed by atoms with Gasteiger partial charge >= 0.3 is 0 Å². The van der Waals surface area contributed by atoms with E-state index in [-0.39, 0.29) is 46.6 Å². The van der Waals surface area contributed by atoms with E-state index in [9.17, 15) is 0 Å². The fraction of sp³-hybridized carbons (Fsp3) is 1.00. The van der Waals surface area contributed by atoms with Gasteiger partial charge in [0.05, 0.1) is 13.2 Å². The minimum Gasteiger partial charge on any atom is -0.394 e. The van der Waals surface area contributed by atoms with Crippen molar-refractivity contribution in [3.8, 4) is 0 Å². The molecule has 6 heteroatoms. The maximum atomic E-state index is 8.24. The van der Waals surface area contributed by atoms with E-state index in [1.807, 2.05) is 0 Å². The second kappa shape index (κ2) is 32.5. The van der Waals surface area contributed by atoms with Gasteiger partial charge < -0.3 is 25.2 Å². The summed E-state index contributed by atoms with van der Waals surface area (Å²) in [5.41, 5.74) is 0. The number of aliphatic hydroxyl groups is 4. The first-order chi connectivity index (χ1) is 9.11. The molecule has 0 saturated carbocycles. The van der Waals surface area contributed by atoms with Crippen molar-refractivity contribution in [3.05, 3.63) is 0 Å². The Kier molecular flexibility index (Phi) is 51.3. The summed E-state index contributed by atoms with van der Waals surface area (Å²) < 4.78 is 4.97. The summed E-state index contributed by atoms with van der Waals surface area (Å²) >= 11 is 0. The predicted octanol–water partition coefficient (Wildman–Crippen LogP) is 1.95.